The maximum atomic E-state index is 13.5. The van der Waals surface area contributed by atoms with Crippen LogP contribution in [0.5, 0.6) is 23.0 Å². The second kappa shape index (κ2) is 34.3. The molecule has 1 heterocycles. The number of hydrogen-bond donors (Lipinski definition) is 0. The third kappa shape index (κ3) is 28.2. The van der Waals surface area contributed by atoms with E-state index >= 15 is 0 Å². The van der Waals surface area contributed by atoms with Crippen LogP contribution in [0.15, 0.2) is 48.5 Å². The summed E-state index contributed by atoms with van der Waals surface area (Å²) in [6.07, 6.45) is 0. The van der Waals surface area contributed by atoms with Crippen LogP contribution in [0.1, 0.15) is 233 Å². The quantitative estimate of drug-likeness (QED) is 0.0757. The third-order valence-electron chi connectivity index (χ3n) is 13.5. The molecule has 8 bridgehead atoms. The zero-order chi connectivity index (χ0) is 69.0. The van der Waals surface area contributed by atoms with Crippen LogP contribution in [-0.2, 0) is 102 Å². The summed E-state index contributed by atoms with van der Waals surface area (Å²) in [6, 6.07) is 18.5. The summed E-state index contributed by atoms with van der Waals surface area (Å²) in [7, 11) is 0. The van der Waals surface area contributed by atoms with Crippen LogP contribution in [0.4, 0.5) is 0 Å². The van der Waals surface area contributed by atoms with Crippen molar-refractivity contribution in [1.29, 1.82) is 0 Å². The molecule has 1 aliphatic rings. The van der Waals surface area contributed by atoms with Gasteiger partial charge in [0.2, 0.25) is 0 Å². The fraction of sp³-hybridized carbons (Fsp3) is 0.611. The molecule has 512 valence electrons. The summed E-state index contributed by atoms with van der Waals surface area (Å²) in [6.45, 7) is 48.9. The van der Waals surface area contributed by atoms with E-state index < -0.39 is 46.3 Å². The van der Waals surface area contributed by atoms with Gasteiger partial charge in [0.25, 0.3) is 0 Å². The molecule has 0 fully saturated rings. The van der Waals surface area contributed by atoms with Crippen molar-refractivity contribution in [2.75, 3.05) is 26.4 Å². The number of hydrogen-bond acceptors (Lipinski definition) is 12. The second-order valence-electron chi connectivity index (χ2n) is 31.1. The zero-order valence-corrected chi connectivity index (χ0v) is 73.0. The van der Waals surface area contributed by atoms with Crippen LogP contribution in [0.3, 0.4) is 0 Å². The average Bonchev–Trinajstić information content (AvgIpc) is 0.827. The SMILES string of the molecule is CC(C)(C)OC(=O)COc1c2cc(C(C)(C)C)cc1C[Se][Se]Cc1cc(C(C)(C)C)cc(c1OCC(=O)OC(C)(C)C)C[Se][Se]Cc1cc(C(C)(C)C)cc(c1OCC(=O)OC(C)(C)C)C[Se][Se]Cc1cc(C(C)(C)C)cc(c1OCC(=O)OC(C)(C)C)C[Se][Se]C2. The molecule has 0 amide bonds. The Morgan fingerprint density at radius 2 is 0.391 bits per heavy atom. The average molecular weight is 1790 g/mol. The maximum absolute atomic E-state index is 13.5. The Bertz CT molecular complexity index is 2650. The predicted octanol–water partition coefficient (Wildman–Crippen LogP) is 12.2. The van der Waals surface area contributed by atoms with Crippen LogP contribution in [-0.4, -0.2) is 178 Å². The van der Waals surface area contributed by atoms with E-state index in [-0.39, 0.29) is 153 Å². The van der Waals surface area contributed by atoms with Gasteiger partial charge in [0.05, 0.1) is 0 Å². The van der Waals surface area contributed by atoms with E-state index in [0.29, 0.717) is 0 Å². The van der Waals surface area contributed by atoms with Crippen molar-refractivity contribution in [3.8, 4) is 23.0 Å². The molecular weight excluding hydrogens is 1690 g/mol. The molecule has 0 radical (unpaired) electrons. The Balaban J connectivity index is 1.71. The zero-order valence-electron chi connectivity index (χ0n) is 59.3. The van der Waals surface area contributed by atoms with Crippen LogP contribution in [0.2, 0.25) is 0 Å². The molecule has 0 N–H and O–H groups in total. The summed E-state index contributed by atoms with van der Waals surface area (Å²) in [4.78, 5) is 53.9. The molecule has 4 aromatic rings. The number of esters is 4. The first kappa shape index (κ1) is 80.8. The Kier molecular flexibility index (Phi) is 30.1. The molecule has 12 nitrogen and oxygen atoms in total. The molecule has 92 heavy (non-hydrogen) atoms. The van der Waals surface area contributed by atoms with Crippen molar-refractivity contribution in [3.63, 3.8) is 0 Å². The number of ether oxygens (including phenoxy) is 8. The minimum absolute atomic E-state index is 0.146. The van der Waals surface area contributed by atoms with E-state index in [4.69, 9.17) is 37.9 Å². The molecule has 0 saturated heterocycles. The van der Waals surface area contributed by atoms with Gasteiger partial charge in [-0.2, -0.15) is 0 Å². The van der Waals surface area contributed by atoms with Crippen molar-refractivity contribution in [2.24, 2.45) is 0 Å². The Labute approximate surface area is 597 Å². The molecular formula is C72H104O12Se8. The van der Waals surface area contributed by atoms with Gasteiger partial charge in [0, 0.05) is 0 Å². The normalized spacial score (nSPS) is 15.0. The van der Waals surface area contributed by atoms with Crippen LogP contribution < -0.4 is 18.9 Å². The van der Waals surface area contributed by atoms with E-state index in [1.165, 1.54) is 22.3 Å². The van der Waals surface area contributed by atoms with Crippen molar-refractivity contribution in [3.05, 3.63) is 115 Å². The summed E-state index contributed by atoms with van der Waals surface area (Å²) < 4.78 is 50.2. The molecule has 20 heteroatoms. The first-order chi connectivity index (χ1) is 42.2. The monoisotopic (exact) mass is 1800 g/mol. The fourth-order valence-corrected chi connectivity index (χ4v) is 34.7. The summed E-state index contributed by atoms with van der Waals surface area (Å²) in [5.41, 5.74) is 10.6. The predicted molar refractivity (Wildman–Crippen MR) is 382 cm³/mol. The standard InChI is InChI=1S/C72H104O12Se8/c1-65(2,3)53-25-45-37-85-87-39-47-27-54(66(4,5)6)29-49(62(47)78-34-58(74)82-70(16,17)18)41-89-91-43-51-31-56(68(10,11)12)32-52(64(51)80-36-60(76)84-72(22,23)24)44-92-90-42-50-30-55(67(7,8)9)28-48(63(50)79-35-59(75)83-71(19,20)21)40-88-86-38-46(26-53)61(45)77-33-57(73)81-69(13,14)15/h25-32H,33-44H2,1-24H3. The first-order valence-corrected chi connectivity index (χ1v) is 58.3. The fourth-order valence-electron chi connectivity index (χ4n) is 9.20. The topological polar surface area (TPSA) is 142 Å². The van der Waals surface area contributed by atoms with E-state index in [1.807, 2.05) is 83.1 Å². The van der Waals surface area contributed by atoms with Gasteiger partial charge in [-0.1, -0.05) is 0 Å². The molecule has 0 aliphatic carbocycles. The first-order valence-electron chi connectivity index (χ1n) is 31.3. The summed E-state index contributed by atoms with van der Waals surface area (Å²) in [5.74, 6) is 1.56. The van der Waals surface area contributed by atoms with Crippen LogP contribution in [0, 0.1) is 0 Å². The van der Waals surface area contributed by atoms with Gasteiger partial charge < -0.3 is 0 Å². The van der Waals surface area contributed by atoms with Gasteiger partial charge in [-0.3, -0.25) is 0 Å². The van der Waals surface area contributed by atoms with Crippen molar-refractivity contribution in [2.45, 2.75) is 253 Å². The molecule has 0 unspecified atom stereocenters. The number of carbonyl (C=O) groups excluding carboxylic acids is 4. The van der Waals surface area contributed by atoms with Gasteiger partial charge in [0.1, 0.15) is 0 Å². The molecule has 5 rings (SSSR count). The molecule has 4 aromatic carbocycles. The Hall–Kier alpha value is -1.88. The van der Waals surface area contributed by atoms with Crippen molar-refractivity contribution >= 4 is 129 Å². The van der Waals surface area contributed by atoms with Crippen molar-refractivity contribution in [1.82, 2.24) is 0 Å². The van der Waals surface area contributed by atoms with Gasteiger partial charge in [-0.05, 0) is 0 Å². The molecule has 0 spiro atoms. The van der Waals surface area contributed by atoms with E-state index in [9.17, 15) is 19.2 Å². The molecule has 0 atom stereocenters. The van der Waals surface area contributed by atoms with Gasteiger partial charge in [0.15, 0.2) is 0 Å². The molecule has 1 aliphatic heterocycles. The number of rotatable bonds is 12. The molecule has 0 saturated carbocycles. The van der Waals surface area contributed by atoms with Gasteiger partial charge in [-0.15, -0.1) is 0 Å². The number of benzene rings is 4. The number of carbonyl (C=O) groups is 4. The van der Waals surface area contributed by atoms with E-state index in [0.717, 1.165) is 110 Å². The van der Waals surface area contributed by atoms with Crippen LogP contribution in [0.25, 0.3) is 0 Å². The Morgan fingerprint density at radius 1 is 0.261 bits per heavy atom. The van der Waals surface area contributed by atoms with Crippen LogP contribution >= 0.6 is 0 Å². The van der Waals surface area contributed by atoms with E-state index in [2.05, 4.69) is 132 Å². The second-order valence-corrected chi connectivity index (χ2v) is 60.5. The van der Waals surface area contributed by atoms with Gasteiger partial charge >= 0.3 is 604 Å². The third-order valence-corrected chi connectivity index (χ3v) is 39.6. The summed E-state index contributed by atoms with van der Waals surface area (Å²) >= 11 is 1.17. The van der Waals surface area contributed by atoms with Gasteiger partial charge in [-0.25, -0.2) is 0 Å². The Morgan fingerprint density at radius 3 is 0.500 bits per heavy atom. The molecule has 0 aromatic heterocycles. The summed E-state index contributed by atoms with van der Waals surface area (Å²) in [5, 5.41) is 6.46. The van der Waals surface area contributed by atoms with E-state index in [1.54, 1.807) is 0 Å². The minimum atomic E-state index is -0.662. The number of fused-ring (bicyclic) bond motifs is 8. The van der Waals surface area contributed by atoms with Crippen molar-refractivity contribution < 1.29 is 57.1 Å².